The summed E-state index contributed by atoms with van der Waals surface area (Å²) in [6, 6.07) is 10.9. The third-order valence-corrected chi connectivity index (χ3v) is 3.03. The molecule has 0 aliphatic carbocycles. The minimum Gasteiger partial charge on any atom is -0.508 e. The van der Waals surface area contributed by atoms with Crippen LogP contribution in [0.3, 0.4) is 0 Å². The van der Waals surface area contributed by atoms with E-state index < -0.39 is 10.8 Å². The number of nitrogens with one attached hydrogen (secondary N) is 1. The lowest BCUT2D eigenvalue weighted by Crippen LogP contribution is -2.22. The molecule has 0 heterocycles. The molecule has 0 bridgehead atoms. The predicted octanol–water partition coefficient (Wildman–Crippen LogP) is 2.54. The zero-order chi connectivity index (χ0) is 15.4. The van der Waals surface area contributed by atoms with Crippen molar-refractivity contribution in [1.29, 1.82) is 0 Å². The van der Waals surface area contributed by atoms with Crippen molar-refractivity contribution in [3.8, 4) is 5.75 Å². The molecule has 6 heteroatoms. The van der Waals surface area contributed by atoms with E-state index in [1.807, 2.05) is 0 Å². The summed E-state index contributed by atoms with van der Waals surface area (Å²) in [7, 11) is 0. The Morgan fingerprint density at radius 3 is 2.71 bits per heavy atom. The quantitative estimate of drug-likeness (QED) is 0.667. The molecule has 1 amide bonds. The Balaban J connectivity index is 2.10. The fourth-order valence-electron chi connectivity index (χ4n) is 1.90. The number of benzene rings is 2. The highest BCUT2D eigenvalue weighted by Gasteiger charge is 2.14. The second kappa shape index (κ2) is 6.04. The van der Waals surface area contributed by atoms with Gasteiger partial charge < -0.3 is 10.4 Å². The molecule has 0 radical (unpaired) electrons. The maximum Gasteiger partial charge on any atom is 0.273 e. The van der Waals surface area contributed by atoms with Gasteiger partial charge in [-0.05, 0) is 30.7 Å². The molecule has 2 N–H and O–H groups in total. The van der Waals surface area contributed by atoms with E-state index >= 15 is 0 Å². The fraction of sp³-hybridized carbons (Fsp3) is 0.133. The summed E-state index contributed by atoms with van der Waals surface area (Å²) in [4.78, 5) is 22.3. The van der Waals surface area contributed by atoms with E-state index in [4.69, 9.17) is 0 Å². The molecule has 0 unspecified atom stereocenters. The average Bonchev–Trinajstić information content (AvgIpc) is 2.45. The zero-order valence-corrected chi connectivity index (χ0v) is 11.4. The number of hydrogen-bond acceptors (Lipinski definition) is 4. The number of amides is 1. The van der Waals surface area contributed by atoms with Crippen molar-refractivity contribution in [2.75, 3.05) is 0 Å². The third kappa shape index (κ3) is 3.56. The molecular weight excluding hydrogens is 272 g/mol. The Bertz CT molecular complexity index is 698. The topological polar surface area (TPSA) is 92.5 Å². The summed E-state index contributed by atoms with van der Waals surface area (Å²) in [5, 5.41) is 22.9. The number of aryl methyl sites for hydroxylation is 1. The van der Waals surface area contributed by atoms with Crippen LogP contribution in [0.1, 0.15) is 21.5 Å². The summed E-state index contributed by atoms with van der Waals surface area (Å²) in [6.45, 7) is 1.85. The Labute approximate surface area is 121 Å². The van der Waals surface area contributed by atoms with Gasteiger partial charge in [-0.15, -0.1) is 0 Å². The molecule has 2 aromatic rings. The van der Waals surface area contributed by atoms with Crippen LogP contribution in [0.15, 0.2) is 42.5 Å². The molecule has 0 aliphatic rings. The highest BCUT2D eigenvalue weighted by atomic mass is 16.6. The van der Waals surface area contributed by atoms with Crippen molar-refractivity contribution < 1.29 is 14.8 Å². The van der Waals surface area contributed by atoms with Crippen molar-refractivity contribution in [3.63, 3.8) is 0 Å². The van der Waals surface area contributed by atoms with Gasteiger partial charge in [0.2, 0.25) is 0 Å². The molecular formula is C15H14N2O4. The highest BCUT2D eigenvalue weighted by Crippen LogP contribution is 2.19. The SMILES string of the molecule is Cc1ccc(C(=O)NCc2cccc(O)c2)cc1[N+](=O)[O-]. The minimum absolute atomic E-state index is 0.0833. The summed E-state index contributed by atoms with van der Waals surface area (Å²) in [6.07, 6.45) is 0. The second-order valence-electron chi connectivity index (χ2n) is 4.61. The van der Waals surface area contributed by atoms with Crippen LogP contribution in [0.5, 0.6) is 5.75 Å². The average molecular weight is 286 g/mol. The van der Waals surface area contributed by atoms with E-state index in [2.05, 4.69) is 5.32 Å². The van der Waals surface area contributed by atoms with E-state index in [-0.39, 0.29) is 23.5 Å². The van der Waals surface area contributed by atoms with E-state index in [1.54, 1.807) is 31.2 Å². The molecule has 2 rings (SSSR count). The first kappa shape index (κ1) is 14.5. The number of hydrogen-bond donors (Lipinski definition) is 2. The van der Waals surface area contributed by atoms with E-state index in [1.165, 1.54) is 18.2 Å². The van der Waals surface area contributed by atoms with Crippen molar-refractivity contribution in [2.45, 2.75) is 13.5 Å². The largest absolute Gasteiger partial charge is 0.508 e. The smallest absolute Gasteiger partial charge is 0.273 e. The number of phenolic OH excluding ortho intramolecular Hbond substituents is 1. The molecule has 0 saturated heterocycles. The van der Waals surface area contributed by atoms with Gasteiger partial charge in [0, 0.05) is 23.7 Å². The van der Waals surface area contributed by atoms with Crippen LogP contribution in [0.4, 0.5) is 5.69 Å². The van der Waals surface area contributed by atoms with Gasteiger partial charge in [0.25, 0.3) is 11.6 Å². The lowest BCUT2D eigenvalue weighted by atomic mass is 10.1. The summed E-state index contributed by atoms with van der Waals surface area (Å²) < 4.78 is 0. The molecule has 108 valence electrons. The van der Waals surface area contributed by atoms with Crippen LogP contribution in [0.2, 0.25) is 0 Å². The molecule has 0 fully saturated rings. The van der Waals surface area contributed by atoms with Gasteiger partial charge in [-0.25, -0.2) is 0 Å². The maximum absolute atomic E-state index is 12.0. The van der Waals surface area contributed by atoms with E-state index in [0.717, 1.165) is 5.56 Å². The predicted molar refractivity (Wildman–Crippen MR) is 77.1 cm³/mol. The van der Waals surface area contributed by atoms with Gasteiger partial charge in [-0.3, -0.25) is 14.9 Å². The molecule has 0 saturated carbocycles. The number of nitro benzene ring substituents is 1. The molecule has 0 aliphatic heterocycles. The lowest BCUT2D eigenvalue weighted by Gasteiger charge is -2.06. The third-order valence-electron chi connectivity index (χ3n) is 3.03. The number of nitro groups is 1. The standard InChI is InChI=1S/C15H14N2O4/c1-10-5-6-12(8-14(10)17(20)21)15(19)16-9-11-3-2-4-13(18)7-11/h2-8,18H,9H2,1H3,(H,16,19). The molecule has 0 aromatic heterocycles. The van der Waals surface area contributed by atoms with Crippen molar-refractivity contribution >= 4 is 11.6 Å². The summed E-state index contributed by atoms with van der Waals surface area (Å²) in [5.41, 5.74) is 1.39. The first-order valence-corrected chi connectivity index (χ1v) is 6.28. The van der Waals surface area contributed by atoms with Crippen LogP contribution in [0, 0.1) is 17.0 Å². The molecule has 2 aromatic carbocycles. The Hall–Kier alpha value is -2.89. The minimum atomic E-state index is -0.513. The fourth-order valence-corrected chi connectivity index (χ4v) is 1.90. The first-order valence-electron chi connectivity index (χ1n) is 6.28. The highest BCUT2D eigenvalue weighted by molar-refractivity contribution is 5.94. The van der Waals surface area contributed by atoms with Gasteiger partial charge in [0.1, 0.15) is 5.75 Å². The normalized spacial score (nSPS) is 10.1. The summed E-state index contributed by atoms with van der Waals surface area (Å²) in [5.74, 6) is -0.283. The number of carbonyl (C=O) groups excluding carboxylic acids is 1. The molecule has 0 atom stereocenters. The van der Waals surface area contributed by atoms with E-state index in [9.17, 15) is 20.0 Å². The monoisotopic (exact) mass is 286 g/mol. The Kier molecular flexibility index (Phi) is 4.18. The lowest BCUT2D eigenvalue weighted by molar-refractivity contribution is -0.385. The van der Waals surface area contributed by atoms with Crippen LogP contribution in [-0.2, 0) is 6.54 Å². The number of phenols is 1. The molecule has 0 spiro atoms. The molecule has 6 nitrogen and oxygen atoms in total. The number of rotatable bonds is 4. The maximum atomic E-state index is 12.0. The van der Waals surface area contributed by atoms with Crippen LogP contribution in [0.25, 0.3) is 0 Å². The van der Waals surface area contributed by atoms with Crippen LogP contribution in [-0.4, -0.2) is 15.9 Å². The number of aromatic hydroxyl groups is 1. The van der Waals surface area contributed by atoms with Gasteiger partial charge in [-0.1, -0.05) is 18.2 Å². The Morgan fingerprint density at radius 2 is 2.05 bits per heavy atom. The van der Waals surface area contributed by atoms with Crippen LogP contribution < -0.4 is 5.32 Å². The van der Waals surface area contributed by atoms with Gasteiger partial charge >= 0.3 is 0 Å². The zero-order valence-electron chi connectivity index (χ0n) is 11.4. The van der Waals surface area contributed by atoms with Crippen molar-refractivity contribution in [2.24, 2.45) is 0 Å². The van der Waals surface area contributed by atoms with Gasteiger partial charge in [0.05, 0.1) is 4.92 Å². The van der Waals surface area contributed by atoms with Crippen molar-refractivity contribution in [1.82, 2.24) is 5.32 Å². The van der Waals surface area contributed by atoms with Crippen molar-refractivity contribution in [3.05, 3.63) is 69.3 Å². The van der Waals surface area contributed by atoms with Crippen LogP contribution >= 0.6 is 0 Å². The Morgan fingerprint density at radius 1 is 1.29 bits per heavy atom. The van der Waals surface area contributed by atoms with Gasteiger partial charge in [0.15, 0.2) is 0 Å². The number of carbonyl (C=O) groups is 1. The molecule has 21 heavy (non-hydrogen) atoms. The van der Waals surface area contributed by atoms with Gasteiger partial charge in [-0.2, -0.15) is 0 Å². The first-order chi connectivity index (χ1) is 9.97. The summed E-state index contributed by atoms with van der Waals surface area (Å²) >= 11 is 0. The second-order valence-corrected chi connectivity index (χ2v) is 4.61. The van der Waals surface area contributed by atoms with E-state index in [0.29, 0.717) is 5.56 Å². The number of nitrogens with zero attached hydrogens (tertiary/aromatic N) is 1.